The molecule has 0 saturated carbocycles. The molecule has 1 aromatic rings. The van der Waals surface area contributed by atoms with E-state index in [4.69, 9.17) is 5.73 Å². The smallest absolute Gasteiger partial charge is 0.345 e. The molecule has 0 aliphatic carbocycles. The summed E-state index contributed by atoms with van der Waals surface area (Å²) < 4.78 is 0.942. The van der Waals surface area contributed by atoms with E-state index in [0.29, 0.717) is 5.84 Å². The summed E-state index contributed by atoms with van der Waals surface area (Å²) in [5, 5.41) is 0. The van der Waals surface area contributed by atoms with Crippen molar-refractivity contribution in [3.05, 3.63) is 33.8 Å². The van der Waals surface area contributed by atoms with Crippen molar-refractivity contribution in [3.8, 4) is 0 Å². The van der Waals surface area contributed by atoms with Crippen LogP contribution < -0.4 is 5.73 Å². The number of amidine groups is 1. The lowest BCUT2D eigenvalue weighted by molar-refractivity contribution is 0.218. The highest BCUT2D eigenvalue weighted by molar-refractivity contribution is 9.10. The van der Waals surface area contributed by atoms with Crippen molar-refractivity contribution in [1.29, 1.82) is 0 Å². The fraction of sp³-hybridized carbons (Fsp3) is 0.273. The van der Waals surface area contributed by atoms with Crippen LogP contribution in [0.4, 0.5) is 4.79 Å². The third-order valence-electron chi connectivity index (χ3n) is 2.64. The molecule has 2 N–H and O–H groups in total. The first-order valence-electron chi connectivity index (χ1n) is 4.87. The summed E-state index contributed by atoms with van der Waals surface area (Å²) in [6.07, 6.45) is 0. The Balaban J connectivity index is 2.45. The van der Waals surface area contributed by atoms with Gasteiger partial charge in [-0.1, -0.05) is 28.1 Å². The minimum absolute atomic E-state index is 0.262. The molecule has 0 fully saturated rings. The zero-order valence-corrected chi connectivity index (χ0v) is 10.7. The second-order valence-corrected chi connectivity index (χ2v) is 4.71. The number of nitrogens with two attached hydrogens (primary N) is 1. The zero-order chi connectivity index (χ0) is 11.9. The number of benzene rings is 1. The fourth-order valence-electron chi connectivity index (χ4n) is 1.78. The Morgan fingerprint density at radius 1 is 1.50 bits per heavy atom. The Hall–Kier alpha value is -1.36. The molecule has 16 heavy (non-hydrogen) atoms. The summed E-state index contributed by atoms with van der Waals surface area (Å²) in [7, 11) is 1.70. The van der Waals surface area contributed by atoms with Gasteiger partial charge in [-0.15, -0.1) is 0 Å². The van der Waals surface area contributed by atoms with Gasteiger partial charge in [0.2, 0.25) is 0 Å². The molecule has 0 bridgehead atoms. The molecule has 1 aromatic carbocycles. The highest BCUT2D eigenvalue weighted by Crippen LogP contribution is 2.31. The number of aryl methyl sites for hydroxylation is 1. The van der Waals surface area contributed by atoms with Crippen LogP contribution in [0.25, 0.3) is 0 Å². The normalized spacial score (nSPS) is 20.2. The Bertz CT molecular complexity index is 484. The predicted molar refractivity (Wildman–Crippen MR) is 66.4 cm³/mol. The van der Waals surface area contributed by atoms with Gasteiger partial charge in [-0.3, -0.25) is 0 Å². The first kappa shape index (κ1) is 11.1. The largest absolute Gasteiger partial charge is 0.385 e. The van der Waals surface area contributed by atoms with Crippen molar-refractivity contribution in [2.24, 2.45) is 10.7 Å². The third kappa shape index (κ3) is 1.71. The molecule has 1 unspecified atom stereocenters. The van der Waals surface area contributed by atoms with Crippen molar-refractivity contribution >= 4 is 27.8 Å². The summed E-state index contributed by atoms with van der Waals surface area (Å²) in [4.78, 5) is 16.7. The molecule has 84 valence electrons. The topological polar surface area (TPSA) is 58.7 Å². The molecule has 0 spiro atoms. The molecule has 1 aliphatic rings. The van der Waals surface area contributed by atoms with E-state index in [1.54, 1.807) is 7.05 Å². The van der Waals surface area contributed by atoms with E-state index in [0.717, 1.165) is 15.6 Å². The quantitative estimate of drug-likeness (QED) is 0.858. The molecular formula is C11H12BrN3O. The molecule has 0 saturated heterocycles. The molecular weight excluding hydrogens is 270 g/mol. The van der Waals surface area contributed by atoms with E-state index >= 15 is 0 Å². The average Bonchev–Trinajstić information content (AvgIpc) is 2.43. The zero-order valence-electron chi connectivity index (χ0n) is 9.07. The minimum Gasteiger partial charge on any atom is -0.385 e. The number of urea groups is 1. The minimum atomic E-state index is -0.296. The molecule has 1 aliphatic heterocycles. The second kappa shape index (κ2) is 3.90. The highest BCUT2D eigenvalue weighted by Gasteiger charge is 2.32. The lowest BCUT2D eigenvalue weighted by Gasteiger charge is -2.21. The number of amides is 2. The van der Waals surface area contributed by atoms with E-state index in [-0.39, 0.29) is 12.1 Å². The Morgan fingerprint density at radius 2 is 2.19 bits per heavy atom. The van der Waals surface area contributed by atoms with Crippen molar-refractivity contribution in [1.82, 2.24) is 4.90 Å². The first-order chi connectivity index (χ1) is 7.50. The lowest BCUT2D eigenvalue weighted by atomic mass is 10.0. The van der Waals surface area contributed by atoms with Crippen LogP contribution in [0, 0.1) is 6.92 Å². The molecule has 2 amide bonds. The van der Waals surface area contributed by atoms with Gasteiger partial charge in [0.25, 0.3) is 0 Å². The number of likely N-dealkylation sites (N-methyl/N-ethyl adjacent to an activating group) is 1. The summed E-state index contributed by atoms with van der Waals surface area (Å²) in [5.41, 5.74) is 7.87. The summed E-state index contributed by atoms with van der Waals surface area (Å²) >= 11 is 3.48. The Labute approximate surface area is 102 Å². The van der Waals surface area contributed by atoms with E-state index in [9.17, 15) is 4.79 Å². The van der Waals surface area contributed by atoms with Gasteiger partial charge in [0.15, 0.2) is 0 Å². The molecule has 5 heteroatoms. The number of carbonyl (C=O) groups is 1. The fourth-order valence-corrected chi connectivity index (χ4v) is 2.49. The van der Waals surface area contributed by atoms with Crippen LogP contribution in [0.1, 0.15) is 17.2 Å². The van der Waals surface area contributed by atoms with E-state index in [1.165, 1.54) is 4.90 Å². The van der Waals surface area contributed by atoms with Gasteiger partial charge in [-0.25, -0.2) is 4.79 Å². The molecule has 2 rings (SSSR count). The highest BCUT2D eigenvalue weighted by atomic mass is 79.9. The maximum absolute atomic E-state index is 11.4. The van der Waals surface area contributed by atoms with E-state index < -0.39 is 0 Å². The number of nitrogens with zero attached hydrogens (tertiary/aromatic N) is 2. The van der Waals surface area contributed by atoms with Crippen LogP contribution in [0.5, 0.6) is 0 Å². The van der Waals surface area contributed by atoms with Gasteiger partial charge in [0.1, 0.15) is 11.9 Å². The maximum atomic E-state index is 11.4. The van der Waals surface area contributed by atoms with Gasteiger partial charge >= 0.3 is 6.03 Å². The molecule has 0 radical (unpaired) electrons. The summed E-state index contributed by atoms with van der Waals surface area (Å²) in [5.74, 6) is 0.344. The number of carbonyl (C=O) groups excluding carboxylic acids is 1. The Morgan fingerprint density at radius 3 is 2.69 bits per heavy atom. The van der Waals surface area contributed by atoms with Gasteiger partial charge < -0.3 is 10.6 Å². The summed E-state index contributed by atoms with van der Waals surface area (Å²) in [6.45, 7) is 2.01. The standard InChI is InChI=1S/C11H12BrN3O/c1-6-3-4-7(8(12)5-6)9-10(13)14-11(16)15(9)2/h3-5,9H,1-2H3,(H2,13,14,16). The molecule has 1 atom stereocenters. The van der Waals surface area contributed by atoms with Crippen LogP contribution in [0.2, 0.25) is 0 Å². The van der Waals surface area contributed by atoms with Crippen molar-refractivity contribution in [2.75, 3.05) is 7.05 Å². The number of hydrogen-bond acceptors (Lipinski definition) is 2. The van der Waals surface area contributed by atoms with Crippen LogP contribution in [0.3, 0.4) is 0 Å². The van der Waals surface area contributed by atoms with Gasteiger partial charge in [0, 0.05) is 11.5 Å². The van der Waals surface area contributed by atoms with Crippen LogP contribution in [-0.4, -0.2) is 23.8 Å². The molecule has 0 aromatic heterocycles. The molecule has 4 nitrogen and oxygen atoms in total. The maximum Gasteiger partial charge on any atom is 0.345 e. The van der Waals surface area contributed by atoms with Crippen LogP contribution >= 0.6 is 15.9 Å². The van der Waals surface area contributed by atoms with Crippen molar-refractivity contribution in [2.45, 2.75) is 13.0 Å². The predicted octanol–water partition coefficient (Wildman–Crippen LogP) is 2.22. The Kier molecular flexibility index (Phi) is 2.71. The number of hydrogen-bond donors (Lipinski definition) is 1. The average molecular weight is 282 g/mol. The number of halogens is 1. The van der Waals surface area contributed by atoms with Crippen molar-refractivity contribution in [3.63, 3.8) is 0 Å². The van der Waals surface area contributed by atoms with Gasteiger partial charge in [0.05, 0.1) is 0 Å². The van der Waals surface area contributed by atoms with E-state index in [2.05, 4.69) is 20.9 Å². The summed E-state index contributed by atoms with van der Waals surface area (Å²) in [6, 6.07) is 5.39. The van der Waals surface area contributed by atoms with E-state index in [1.807, 2.05) is 25.1 Å². The van der Waals surface area contributed by atoms with Crippen LogP contribution in [-0.2, 0) is 0 Å². The van der Waals surface area contributed by atoms with Crippen LogP contribution in [0.15, 0.2) is 27.7 Å². The van der Waals surface area contributed by atoms with Gasteiger partial charge in [-0.05, 0) is 24.1 Å². The first-order valence-corrected chi connectivity index (χ1v) is 5.67. The van der Waals surface area contributed by atoms with Gasteiger partial charge in [-0.2, -0.15) is 4.99 Å². The van der Waals surface area contributed by atoms with Crippen molar-refractivity contribution < 1.29 is 4.79 Å². The third-order valence-corrected chi connectivity index (χ3v) is 3.33. The monoisotopic (exact) mass is 281 g/mol. The SMILES string of the molecule is Cc1ccc(C2C(N)=NC(=O)N2C)c(Br)c1. The second-order valence-electron chi connectivity index (χ2n) is 3.86. The molecule has 1 heterocycles. The number of aliphatic imine (C=N–C) groups is 1. The number of rotatable bonds is 1. The lowest BCUT2D eigenvalue weighted by Crippen LogP contribution is -2.30.